The molecule has 0 radical (unpaired) electrons. The van der Waals surface area contributed by atoms with Gasteiger partial charge in [0.05, 0.1) is 0 Å². The molecule has 0 saturated carbocycles. The summed E-state index contributed by atoms with van der Waals surface area (Å²) in [6.07, 6.45) is 0.220. The summed E-state index contributed by atoms with van der Waals surface area (Å²) in [4.78, 5) is 23.9. The highest BCUT2D eigenvalue weighted by atomic mass is 79.9. The molecule has 2 rings (SSSR count). The zero-order valence-electron chi connectivity index (χ0n) is 12.5. The maximum atomic E-state index is 11.9. The zero-order valence-corrected chi connectivity index (χ0v) is 15.7. The van der Waals surface area contributed by atoms with Gasteiger partial charge in [0.1, 0.15) is 0 Å². The number of hydrogen-bond donors (Lipinski definition) is 2. The number of carbonyl (C=O) groups excluding carboxylic acids is 2. The molecule has 0 heterocycles. The Balaban J connectivity index is 1.80. The van der Waals surface area contributed by atoms with E-state index in [1.165, 1.54) is 0 Å². The molecule has 0 bridgehead atoms. The second-order valence-electron chi connectivity index (χ2n) is 5.02. The van der Waals surface area contributed by atoms with Gasteiger partial charge in [0, 0.05) is 33.2 Å². The molecular formula is C17H16Br2N2O2. The van der Waals surface area contributed by atoms with E-state index in [1.54, 1.807) is 24.3 Å². The molecule has 23 heavy (non-hydrogen) atoms. The summed E-state index contributed by atoms with van der Waals surface area (Å²) < 4.78 is 1.88. The SMILES string of the molecule is Cc1cc(Br)ccc1NC(=O)CCNC(=O)c1ccc(Br)cc1. The zero-order chi connectivity index (χ0) is 16.8. The van der Waals surface area contributed by atoms with Crippen LogP contribution >= 0.6 is 31.9 Å². The van der Waals surface area contributed by atoms with Crippen LogP contribution in [0.3, 0.4) is 0 Å². The molecule has 0 fully saturated rings. The van der Waals surface area contributed by atoms with Crippen LogP contribution in [-0.4, -0.2) is 18.4 Å². The van der Waals surface area contributed by atoms with Crippen LogP contribution in [0.1, 0.15) is 22.3 Å². The van der Waals surface area contributed by atoms with Crippen LogP contribution in [0.5, 0.6) is 0 Å². The lowest BCUT2D eigenvalue weighted by Gasteiger charge is -2.09. The fourth-order valence-electron chi connectivity index (χ4n) is 1.97. The summed E-state index contributed by atoms with van der Waals surface area (Å²) in [5.74, 6) is -0.323. The second kappa shape index (κ2) is 8.26. The molecular weight excluding hydrogens is 424 g/mol. The average molecular weight is 440 g/mol. The lowest BCUT2D eigenvalue weighted by atomic mass is 10.2. The van der Waals surface area contributed by atoms with Gasteiger partial charge in [-0.25, -0.2) is 0 Å². The Bertz CT molecular complexity index is 715. The van der Waals surface area contributed by atoms with Crippen molar-refractivity contribution in [2.45, 2.75) is 13.3 Å². The van der Waals surface area contributed by atoms with Crippen LogP contribution in [0.2, 0.25) is 0 Å². The van der Waals surface area contributed by atoms with Crippen LogP contribution in [0.4, 0.5) is 5.69 Å². The molecule has 4 nitrogen and oxygen atoms in total. The summed E-state index contributed by atoms with van der Waals surface area (Å²) in [7, 11) is 0. The number of halogens is 2. The van der Waals surface area contributed by atoms with Gasteiger partial charge in [-0.15, -0.1) is 0 Å². The van der Waals surface area contributed by atoms with Gasteiger partial charge in [0.15, 0.2) is 0 Å². The predicted molar refractivity (Wildman–Crippen MR) is 98.6 cm³/mol. The van der Waals surface area contributed by atoms with Gasteiger partial charge in [-0.2, -0.15) is 0 Å². The van der Waals surface area contributed by atoms with Crippen LogP contribution < -0.4 is 10.6 Å². The number of nitrogens with one attached hydrogen (secondary N) is 2. The molecule has 2 aromatic rings. The molecule has 0 spiro atoms. The van der Waals surface area contributed by atoms with Crippen LogP contribution in [0.15, 0.2) is 51.4 Å². The molecule has 0 saturated heterocycles. The van der Waals surface area contributed by atoms with Gasteiger partial charge in [0.2, 0.25) is 5.91 Å². The van der Waals surface area contributed by atoms with Gasteiger partial charge >= 0.3 is 0 Å². The van der Waals surface area contributed by atoms with Crippen LogP contribution in [-0.2, 0) is 4.79 Å². The first-order valence-corrected chi connectivity index (χ1v) is 8.64. The van der Waals surface area contributed by atoms with Crippen molar-refractivity contribution in [1.29, 1.82) is 0 Å². The highest BCUT2D eigenvalue weighted by Crippen LogP contribution is 2.20. The van der Waals surface area contributed by atoms with Gasteiger partial charge in [-0.1, -0.05) is 31.9 Å². The Morgan fingerprint density at radius 1 is 1.00 bits per heavy atom. The van der Waals surface area contributed by atoms with Crippen molar-refractivity contribution in [3.63, 3.8) is 0 Å². The largest absolute Gasteiger partial charge is 0.352 e. The van der Waals surface area contributed by atoms with E-state index >= 15 is 0 Å². The molecule has 0 aliphatic carbocycles. The molecule has 0 aromatic heterocycles. The van der Waals surface area contributed by atoms with Crippen molar-refractivity contribution >= 4 is 49.4 Å². The minimum Gasteiger partial charge on any atom is -0.352 e. The number of benzene rings is 2. The van der Waals surface area contributed by atoms with E-state index in [0.717, 1.165) is 20.2 Å². The summed E-state index contributed by atoms with van der Waals surface area (Å²) in [6, 6.07) is 12.7. The second-order valence-corrected chi connectivity index (χ2v) is 6.85. The molecule has 0 unspecified atom stereocenters. The number of aryl methyl sites for hydroxylation is 1. The standard InChI is InChI=1S/C17H16Br2N2O2/c1-11-10-14(19)6-7-15(11)21-16(22)8-9-20-17(23)12-2-4-13(18)5-3-12/h2-7,10H,8-9H2,1H3,(H,20,23)(H,21,22). The highest BCUT2D eigenvalue weighted by molar-refractivity contribution is 9.10. The highest BCUT2D eigenvalue weighted by Gasteiger charge is 2.08. The van der Waals surface area contributed by atoms with E-state index in [-0.39, 0.29) is 24.8 Å². The van der Waals surface area contributed by atoms with Crippen LogP contribution in [0, 0.1) is 6.92 Å². The first kappa shape index (κ1) is 17.7. The van der Waals surface area contributed by atoms with Crippen LogP contribution in [0.25, 0.3) is 0 Å². The lowest BCUT2D eigenvalue weighted by Crippen LogP contribution is -2.27. The Morgan fingerprint density at radius 2 is 1.65 bits per heavy atom. The van der Waals surface area contributed by atoms with Crippen molar-refractivity contribution in [3.8, 4) is 0 Å². The summed E-state index contributed by atoms with van der Waals surface area (Å²) in [5.41, 5.74) is 2.32. The first-order chi connectivity index (χ1) is 11.0. The van der Waals surface area contributed by atoms with E-state index in [9.17, 15) is 9.59 Å². The number of hydrogen-bond acceptors (Lipinski definition) is 2. The predicted octanol–water partition coefficient (Wildman–Crippen LogP) is 4.28. The summed E-state index contributed by atoms with van der Waals surface area (Å²) in [6.45, 7) is 2.21. The number of carbonyl (C=O) groups is 2. The van der Waals surface area contributed by atoms with Gasteiger partial charge < -0.3 is 10.6 Å². The summed E-state index contributed by atoms with van der Waals surface area (Å²) >= 11 is 6.70. The molecule has 2 aromatic carbocycles. The molecule has 0 aliphatic heterocycles. The van der Waals surface area contributed by atoms with Gasteiger partial charge in [-0.05, 0) is 55.0 Å². The van der Waals surface area contributed by atoms with Gasteiger partial charge in [-0.3, -0.25) is 9.59 Å². The maximum Gasteiger partial charge on any atom is 0.251 e. The fraction of sp³-hybridized carbons (Fsp3) is 0.176. The first-order valence-electron chi connectivity index (χ1n) is 7.05. The third kappa shape index (κ3) is 5.48. The van der Waals surface area contributed by atoms with E-state index in [1.807, 2.05) is 25.1 Å². The average Bonchev–Trinajstić information content (AvgIpc) is 2.50. The topological polar surface area (TPSA) is 58.2 Å². The fourth-order valence-corrected chi connectivity index (χ4v) is 2.71. The number of rotatable bonds is 5. The van der Waals surface area contributed by atoms with Crippen molar-refractivity contribution in [2.24, 2.45) is 0 Å². The Kier molecular flexibility index (Phi) is 6.36. The summed E-state index contributed by atoms with van der Waals surface area (Å²) in [5, 5.41) is 5.58. The third-order valence-electron chi connectivity index (χ3n) is 3.21. The third-order valence-corrected chi connectivity index (χ3v) is 4.23. The Labute approximate surface area is 151 Å². The van der Waals surface area contributed by atoms with Crippen molar-refractivity contribution in [3.05, 3.63) is 62.5 Å². The van der Waals surface area contributed by atoms with E-state index in [4.69, 9.17) is 0 Å². The van der Waals surface area contributed by atoms with Crippen molar-refractivity contribution in [1.82, 2.24) is 5.32 Å². The Hall–Kier alpha value is -1.66. The normalized spacial score (nSPS) is 10.2. The molecule has 120 valence electrons. The number of anilines is 1. The molecule has 2 N–H and O–H groups in total. The smallest absolute Gasteiger partial charge is 0.251 e. The maximum absolute atomic E-state index is 11.9. The minimum atomic E-state index is -0.190. The van der Waals surface area contributed by atoms with E-state index in [0.29, 0.717) is 5.56 Å². The minimum absolute atomic E-state index is 0.133. The molecule has 0 aliphatic rings. The van der Waals surface area contributed by atoms with Crippen molar-refractivity contribution < 1.29 is 9.59 Å². The number of amides is 2. The lowest BCUT2D eigenvalue weighted by molar-refractivity contribution is -0.116. The van der Waals surface area contributed by atoms with E-state index in [2.05, 4.69) is 42.5 Å². The molecule has 0 atom stereocenters. The van der Waals surface area contributed by atoms with E-state index < -0.39 is 0 Å². The quantitative estimate of drug-likeness (QED) is 0.730. The molecule has 6 heteroatoms. The monoisotopic (exact) mass is 438 g/mol. The Morgan fingerprint density at radius 3 is 2.30 bits per heavy atom. The molecule has 2 amide bonds. The van der Waals surface area contributed by atoms with Crippen molar-refractivity contribution in [2.75, 3.05) is 11.9 Å². The van der Waals surface area contributed by atoms with Gasteiger partial charge in [0.25, 0.3) is 5.91 Å².